The highest BCUT2D eigenvalue weighted by atomic mass is 32.2. The number of hydrogen-bond acceptors (Lipinski definition) is 7. The van der Waals surface area contributed by atoms with Crippen LogP contribution in [0.1, 0.15) is 17.3 Å². The Kier molecular flexibility index (Phi) is 7.39. The lowest BCUT2D eigenvalue weighted by molar-refractivity contribution is -0.385. The molecule has 0 aliphatic carbocycles. The number of benzene rings is 2. The zero-order valence-corrected chi connectivity index (χ0v) is 16.3. The van der Waals surface area contributed by atoms with Gasteiger partial charge in [0.05, 0.1) is 9.82 Å². The lowest BCUT2D eigenvalue weighted by atomic mass is 10.1. The standard InChI is InChI=1S/C18H19N3O7S/c1-13(22)14-5-7-16(8-6-14)28-12-18(23)19-9-10-20-29(26,27)17-4-2-3-15(11-17)21(24)25/h2-8,11,20H,9-10,12H2,1H3,(H,19,23). The van der Waals surface area contributed by atoms with E-state index in [1.165, 1.54) is 25.1 Å². The van der Waals surface area contributed by atoms with Crippen molar-refractivity contribution in [1.29, 1.82) is 0 Å². The minimum absolute atomic E-state index is 0.000373. The number of nitrogens with zero attached hydrogens (tertiary/aromatic N) is 1. The Morgan fingerprint density at radius 3 is 2.41 bits per heavy atom. The smallest absolute Gasteiger partial charge is 0.270 e. The van der Waals surface area contributed by atoms with Crippen LogP contribution in [0.15, 0.2) is 53.4 Å². The fraction of sp³-hybridized carbons (Fsp3) is 0.222. The molecule has 11 heteroatoms. The summed E-state index contributed by atoms with van der Waals surface area (Å²) >= 11 is 0. The number of carbonyl (C=O) groups is 2. The number of ether oxygens (including phenoxy) is 1. The van der Waals surface area contributed by atoms with Gasteiger partial charge in [-0.3, -0.25) is 19.7 Å². The van der Waals surface area contributed by atoms with Crippen LogP contribution in [0.3, 0.4) is 0 Å². The summed E-state index contributed by atoms with van der Waals surface area (Å²) in [6.07, 6.45) is 0. The monoisotopic (exact) mass is 421 g/mol. The number of nitro groups is 1. The average Bonchev–Trinajstić information content (AvgIpc) is 2.70. The van der Waals surface area contributed by atoms with Crippen LogP contribution in [-0.4, -0.2) is 44.7 Å². The molecule has 0 aliphatic rings. The second-order valence-corrected chi connectivity index (χ2v) is 7.64. The Morgan fingerprint density at radius 1 is 1.10 bits per heavy atom. The number of rotatable bonds is 10. The van der Waals surface area contributed by atoms with Crippen molar-refractivity contribution in [2.24, 2.45) is 0 Å². The van der Waals surface area contributed by atoms with Crippen molar-refractivity contribution in [1.82, 2.24) is 10.0 Å². The summed E-state index contributed by atoms with van der Waals surface area (Å²) < 4.78 is 31.8. The summed E-state index contributed by atoms with van der Waals surface area (Å²) in [4.78, 5) is 32.8. The van der Waals surface area contributed by atoms with Gasteiger partial charge < -0.3 is 10.1 Å². The van der Waals surface area contributed by atoms with Crippen molar-refractivity contribution in [2.75, 3.05) is 19.7 Å². The molecule has 154 valence electrons. The largest absolute Gasteiger partial charge is 0.484 e. The van der Waals surface area contributed by atoms with Crippen LogP contribution in [0, 0.1) is 10.1 Å². The van der Waals surface area contributed by atoms with Gasteiger partial charge in [0, 0.05) is 30.8 Å². The van der Waals surface area contributed by atoms with E-state index < -0.39 is 20.9 Å². The quantitative estimate of drug-likeness (QED) is 0.254. The first-order chi connectivity index (χ1) is 13.7. The highest BCUT2D eigenvalue weighted by molar-refractivity contribution is 7.89. The number of nitrogens with one attached hydrogen (secondary N) is 2. The van der Waals surface area contributed by atoms with Crippen LogP contribution in [0.2, 0.25) is 0 Å². The number of sulfonamides is 1. The van der Waals surface area contributed by atoms with Crippen LogP contribution in [0.25, 0.3) is 0 Å². The summed E-state index contributed by atoms with van der Waals surface area (Å²) in [6.45, 7) is 1.05. The van der Waals surface area contributed by atoms with Gasteiger partial charge in [0.1, 0.15) is 5.75 Å². The number of amides is 1. The molecule has 2 rings (SSSR count). The third-order valence-electron chi connectivity index (χ3n) is 3.71. The maximum Gasteiger partial charge on any atom is 0.270 e. The number of carbonyl (C=O) groups excluding carboxylic acids is 2. The summed E-state index contributed by atoms with van der Waals surface area (Å²) in [6, 6.07) is 10.9. The Labute approximate surface area is 167 Å². The molecule has 10 nitrogen and oxygen atoms in total. The molecule has 2 aromatic rings. The Hall–Kier alpha value is -3.31. The molecule has 29 heavy (non-hydrogen) atoms. The van der Waals surface area contributed by atoms with Gasteiger partial charge in [0.2, 0.25) is 10.0 Å². The number of Topliss-reactive ketones (excluding diaryl/α,β-unsaturated/α-hetero) is 1. The zero-order chi connectivity index (χ0) is 21.4. The molecule has 0 spiro atoms. The molecule has 0 saturated carbocycles. The van der Waals surface area contributed by atoms with Crippen LogP contribution >= 0.6 is 0 Å². The lowest BCUT2D eigenvalue weighted by Crippen LogP contribution is -2.36. The van der Waals surface area contributed by atoms with E-state index in [9.17, 15) is 28.1 Å². The molecule has 0 bridgehead atoms. The van der Waals surface area contributed by atoms with Crippen molar-refractivity contribution in [3.8, 4) is 5.75 Å². The molecule has 0 heterocycles. The Bertz CT molecular complexity index is 1000. The van der Waals surface area contributed by atoms with E-state index in [-0.39, 0.29) is 36.1 Å². The Balaban J connectivity index is 1.76. The van der Waals surface area contributed by atoms with E-state index in [0.29, 0.717) is 11.3 Å². The molecule has 0 atom stereocenters. The first kappa shape index (κ1) is 22.0. The second-order valence-electron chi connectivity index (χ2n) is 5.87. The number of hydrogen-bond donors (Lipinski definition) is 2. The Morgan fingerprint density at radius 2 is 1.79 bits per heavy atom. The SMILES string of the molecule is CC(=O)c1ccc(OCC(=O)NCCNS(=O)(=O)c2cccc([N+](=O)[O-])c2)cc1. The van der Waals surface area contributed by atoms with E-state index in [4.69, 9.17) is 4.74 Å². The molecule has 0 aromatic heterocycles. The summed E-state index contributed by atoms with van der Waals surface area (Å²) in [7, 11) is -3.95. The molecule has 0 unspecified atom stereocenters. The van der Waals surface area contributed by atoms with Gasteiger partial charge in [0.25, 0.3) is 11.6 Å². The van der Waals surface area contributed by atoms with Gasteiger partial charge in [-0.05, 0) is 37.3 Å². The van der Waals surface area contributed by atoms with Gasteiger partial charge in [-0.15, -0.1) is 0 Å². The van der Waals surface area contributed by atoms with E-state index in [1.54, 1.807) is 24.3 Å². The summed E-state index contributed by atoms with van der Waals surface area (Å²) in [5.74, 6) is -0.131. The van der Waals surface area contributed by atoms with E-state index in [2.05, 4.69) is 10.0 Å². The lowest BCUT2D eigenvalue weighted by Gasteiger charge is -2.09. The zero-order valence-electron chi connectivity index (χ0n) is 15.5. The van der Waals surface area contributed by atoms with Crippen molar-refractivity contribution in [2.45, 2.75) is 11.8 Å². The van der Waals surface area contributed by atoms with E-state index in [1.807, 2.05) is 0 Å². The molecule has 0 saturated heterocycles. The number of non-ortho nitro benzene ring substituents is 1. The normalized spacial score (nSPS) is 10.9. The van der Waals surface area contributed by atoms with Crippen LogP contribution in [0.4, 0.5) is 5.69 Å². The molecule has 0 aliphatic heterocycles. The molecule has 2 aromatic carbocycles. The van der Waals surface area contributed by atoms with Gasteiger partial charge in [-0.1, -0.05) is 6.07 Å². The van der Waals surface area contributed by atoms with Crippen molar-refractivity contribution in [3.05, 3.63) is 64.2 Å². The van der Waals surface area contributed by atoms with Crippen molar-refractivity contribution < 1.29 is 27.7 Å². The van der Waals surface area contributed by atoms with Gasteiger partial charge in [0.15, 0.2) is 12.4 Å². The highest BCUT2D eigenvalue weighted by Crippen LogP contribution is 2.17. The molecule has 0 radical (unpaired) electrons. The molecule has 2 N–H and O–H groups in total. The summed E-state index contributed by atoms with van der Waals surface area (Å²) in [5, 5.41) is 13.2. The topological polar surface area (TPSA) is 145 Å². The molecule has 1 amide bonds. The minimum atomic E-state index is -3.95. The third-order valence-corrected chi connectivity index (χ3v) is 5.17. The number of nitro benzene ring substituents is 1. The second kappa shape index (κ2) is 9.75. The number of ketones is 1. The molecular formula is C18H19N3O7S. The first-order valence-electron chi connectivity index (χ1n) is 8.43. The van der Waals surface area contributed by atoms with Crippen LogP contribution < -0.4 is 14.8 Å². The predicted molar refractivity (Wildman–Crippen MR) is 103 cm³/mol. The predicted octanol–water partition coefficient (Wildman–Crippen LogP) is 1.27. The van der Waals surface area contributed by atoms with Gasteiger partial charge >= 0.3 is 0 Å². The maximum absolute atomic E-state index is 12.1. The fourth-order valence-corrected chi connectivity index (χ4v) is 3.29. The highest BCUT2D eigenvalue weighted by Gasteiger charge is 2.17. The third kappa shape index (κ3) is 6.66. The average molecular weight is 421 g/mol. The molecule has 0 fully saturated rings. The minimum Gasteiger partial charge on any atom is -0.484 e. The summed E-state index contributed by atoms with van der Waals surface area (Å²) in [5.41, 5.74) is 0.187. The fourth-order valence-electron chi connectivity index (χ4n) is 2.22. The van der Waals surface area contributed by atoms with Crippen molar-refractivity contribution >= 4 is 27.4 Å². The van der Waals surface area contributed by atoms with E-state index in [0.717, 1.165) is 6.07 Å². The van der Waals surface area contributed by atoms with Crippen LogP contribution in [0.5, 0.6) is 5.75 Å². The van der Waals surface area contributed by atoms with Crippen molar-refractivity contribution in [3.63, 3.8) is 0 Å². The first-order valence-corrected chi connectivity index (χ1v) is 9.92. The van der Waals surface area contributed by atoms with Gasteiger partial charge in [-0.2, -0.15) is 0 Å². The van der Waals surface area contributed by atoms with E-state index >= 15 is 0 Å². The molecular weight excluding hydrogens is 402 g/mol. The van der Waals surface area contributed by atoms with Gasteiger partial charge in [-0.25, -0.2) is 13.1 Å². The van der Waals surface area contributed by atoms with Crippen LogP contribution in [-0.2, 0) is 14.8 Å². The maximum atomic E-state index is 12.1.